The number of hydrogen-bond donors (Lipinski definition) is 1. The summed E-state index contributed by atoms with van der Waals surface area (Å²) in [6.07, 6.45) is 4.44. The lowest BCUT2D eigenvalue weighted by molar-refractivity contribution is -0.0932. The van der Waals surface area contributed by atoms with Gasteiger partial charge in [-0.25, -0.2) is 4.98 Å². The molecule has 0 amide bonds. The molecular formula is C17H30N2OS. The average Bonchev–Trinajstić information content (AvgIpc) is 2.94. The Balaban J connectivity index is 1.89. The molecule has 3 nitrogen and oxygen atoms in total. The molecule has 120 valence electrons. The average molecular weight is 311 g/mol. The van der Waals surface area contributed by atoms with Gasteiger partial charge < -0.3 is 10.1 Å². The molecule has 1 aliphatic rings. The second-order valence-electron chi connectivity index (χ2n) is 7.19. The maximum atomic E-state index is 6.04. The summed E-state index contributed by atoms with van der Waals surface area (Å²) in [4.78, 5) is 4.77. The first-order valence-electron chi connectivity index (χ1n) is 8.21. The van der Waals surface area contributed by atoms with Crippen molar-refractivity contribution in [2.24, 2.45) is 0 Å². The van der Waals surface area contributed by atoms with Gasteiger partial charge >= 0.3 is 0 Å². The van der Waals surface area contributed by atoms with Gasteiger partial charge in [0.1, 0.15) is 5.01 Å². The summed E-state index contributed by atoms with van der Waals surface area (Å²) < 4.78 is 6.04. The first kappa shape index (κ1) is 16.9. The smallest absolute Gasteiger partial charge is 0.107 e. The maximum Gasteiger partial charge on any atom is 0.107 e. The van der Waals surface area contributed by atoms with Gasteiger partial charge in [-0.1, -0.05) is 34.6 Å². The molecule has 4 heteroatoms. The number of aromatic nitrogens is 1. The lowest BCUT2D eigenvalue weighted by atomic mass is 9.86. The Kier molecular flexibility index (Phi) is 5.44. The number of rotatable bonds is 5. The highest BCUT2D eigenvalue weighted by Crippen LogP contribution is 2.31. The molecule has 1 saturated heterocycles. The molecule has 1 aliphatic heterocycles. The molecule has 0 radical (unpaired) electrons. The molecule has 1 N–H and O–H groups in total. The van der Waals surface area contributed by atoms with Gasteiger partial charge in [0.2, 0.25) is 0 Å². The predicted molar refractivity (Wildman–Crippen MR) is 89.9 cm³/mol. The number of nitrogens with one attached hydrogen (secondary N) is 1. The maximum absolute atomic E-state index is 6.04. The molecular weight excluding hydrogens is 280 g/mol. The lowest BCUT2D eigenvalue weighted by Gasteiger charge is -2.40. The van der Waals surface area contributed by atoms with Crippen molar-refractivity contribution in [3.05, 3.63) is 16.1 Å². The minimum absolute atomic E-state index is 0.0926. The second kappa shape index (κ2) is 6.76. The Morgan fingerprint density at radius 1 is 1.38 bits per heavy atom. The van der Waals surface area contributed by atoms with Gasteiger partial charge in [0.15, 0.2) is 0 Å². The fourth-order valence-electron chi connectivity index (χ4n) is 2.91. The third kappa shape index (κ3) is 4.27. The zero-order valence-corrected chi connectivity index (χ0v) is 15.0. The van der Waals surface area contributed by atoms with Crippen molar-refractivity contribution in [2.45, 2.75) is 83.9 Å². The third-order valence-electron chi connectivity index (χ3n) is 4.64. The molecule has 2 rings (SSSR count). The number of ether oxygens (including phenoxy) is 1. The highest BCUT2D eigenvalue weighted by atomic mass is 32.1. The SMILES string of the molecule is CCC1(CC)CC(NCc2nc(C(C)(C)C)cs2)CCO1. The minimum Gasteiger partial charge on any atom is -0.375 e. The quantitative estimate of drug-likeness (QED) is 0.882. The van der Waals surface area contributed by atoms with E-state index in [4.69, 9.17) is 9.72 Å². The van der Waals surface area contributed by atoms with Crippen LogP contribution >= 0.6 is 11.3 Å². The Bertz CT molecular complexity index is 446. The van der Waals surface area contributed by atoms with E-state index in [0.29, 0.717) is 6.04 Å². The van der Waals surface area contributed by atoms with Gasteiger partial charge in [0, 0.05) is 30.0 Å². The monoisotopic (exact) mass is 310 g/mol. The summed E-state index contributed by atoms with van der Waals surface area (Å²) in [5.74, 6) is 0. The molecule has 1 aromatic rings. The van der Waals surface area contributed by atoms with Crippen molar-refractivity contribution in [3.8, 4) is 0 Å². The van der Waals surface area contributed by atoms with Crippen LogP contribution < -0.4 is 5.32 Å². The first-order valence-corrected chi connectivity index (χ1v) is 9.09. The van der Waals surface area contributed by atoms with Crippen LogP contribution in [0.4, 0.5) is 0 Å². The van der Waals surface area contributed by atoms with Crippen LogP contribution in [-0.2, 0) is 16.7 Å². The molecule has 1 atom stereocenters. The summed E-state index contributed by atoms with van der Waals surface area (Å²) in [6, 6.07) is 0.556. The molecule has 0 spiro atoms. The van der Waals surface area contributed by atoms with E-state index in [2.05, 4.69) is 45.3 Å². The Morgan fingerprint density at radius 2 is 2.10 bits per heavy atom. The largest absolute Gasteiger partial charge is 0.375 e. The Hall–Kier alpha value is -0.450. The number of thiazole rings is 1. The fraction of sp³-hybridized carbons (Fsp3) is 0.824. The molecule has 0 aliphatic carbocycles. The fourth-order valence-corrected chi connectivity index (χ4v) is 3.88. The van der Waals surface area contributed by atoms with Crippen molar-refractivity contribution in [3.63, 3.8) is 0 Å². The highest BCUT2D eigenvalue weighted by Gasteiger charge is 2.34. The summed E-state index contributed by atoms with van der Waals surface area (Å²) in [7, 11) is 0. The summed E-state index contributed by atoms with van der Waals surface area (Å²) >= 11 is 1.77. The molecule has 0 bridgehead atoms. The van der Waals surface area contributed by atoms with Crippen molar-refractivity contribution in [2.75, 3.05) is 6.61 Å². The molecule has 2 heterocycles. The molecule has 1 fully saturated rings. The zero-order valence-electron chi connectivity index (χ0n) is 14.2. The summed E-state index contributed by atoms with van der Waals surface area (Å²) in [5, 5.41) is 7.09. The van der Waals surface area contributed by atoms with Crippen LogP contribution in [0.1, 0.15) is 71.0 Å². The van der Waals surface area contributed by atoms with Gasteiger partial charge in [-0.3, -0.25) is 0 Å². The molecule has 21 heavy (non-hydrogen) atoms. The van der Waals surface area contributed by atoms with E-state index in [1.165, 1.54) is 10.7 Å². The number of nitrogens with zero attached hydrogens (tertiary/aromatic N) is 1. The molecule has 1 unspecified atom stereocenters. The van der Waals surface area contributed by atoms with Gasteiger partial charge in [0.25, 0.3) is 0 Å². The predicted octanol–water partition coefficient (Wildman–Crippen LogP) is 4.27. The van der Waals surface area contributed by atoms with E-state index in [1.54, 1.807) is 11.3 Å². The van der Waals surface area contributed by atoms with Crippen molar-refractivity contribution in [1.29, 1.82) is 0 Å². The van der Waals surface area contributed by atoms with E-state index in [1.807, 2.05) is 0 Å². The zero-order chi connectivity index (χ0) is 15.5. The Morgan fingerprint density at radius 3 is 2.67 bits per heavy atom. The van der Waals surface area contributed by atoms with Gasteiger partial charge in [-0.15, -0.1) is 11.3 Å². The van der Waals surface area contributed by atoms with Crippen molar-refractivity contribution in [1.82, 2.24) is 10.3 Å². The van der Waals surface area contributed by atoms with E-state index >= 15 is 0 Å². The van der Waals surface area contributed by atoms with Crippen LogP contribution in [0.2, 0.25) is 0 Å². The van der Waals surface area contributed by atoms with Crippen LogP contribution in [0.5, 0.6) is 0 Å². The molecule has 0 aromatic carbocycles. The van der Waals surface area contributed by atoms with Gasteiger partial charge in [0.05, 0.1) is 11.3 Å². The van der Waals surface area contributed by atoms with Crippen molar-refractivity contribution >= 4 is 11.3 Å². The molecule has 1 aromatic heterocycles. The van der Waals surface area contributed by atoms with Crippen LogP contribution in [0.25, 0.3) is 0 Å². The second-order valence-corrected chi connectivity index (χ2v) is 8.13. The third-order valence-corrected chi connectivity index (χ3v) is 5.49. The van der Waals surface area contributed by atoms with Crippen LogP contribution in [0.3, 0.4) is 0 Å². The standard InChI is InChI=1S/C17H30N2OS/c1-6-17(7-2)10-13(8-9-20-17)18-11-15-19-14(12-21-15)16(3,4)5/h12-13,18H,6-11H2,1-5H3. The van der Waals surface area contributed by atoms with Gasteiger partial charge in [-0.2, -0.15) is 0 Å². The topological polar surface area (TPSA) is 34.2 Å². The highest BCUT2D eigenvalue weighted by molar-refractivity contribution is 7.09. The van der Waals surface area contributed by atoms with E-state index < -0.39 is 0 Å². The van der Waals surface area contributed by atoms with Gasteiger partial charge in [-0.05, 0) is 25.7 Å². The lowest BCUT2D eigenvalue weighted by Crippen LogP contribution is -2.46. The van der Waals surface area contributed by atoms with Crippen LogP contribution in [0, 0.1) is 0 Å². The normalized spacial score (nSPS) is 22.4. The minimum atomic E-state index is 0.0926. The summed E-state index contributed by atoms with van der Waals surface area (Å²) in [6.45, 7) is 12.9. The summed E-state index contributed by atoms with van der Waals surface area (Å²) in [5.41, 5.74) is 1.44. The first-order chi connectivity index (χ1) is 9.88. The van der Waals surface area contributed by atoms with E-state index in [-0.39, 0.29) is 11.0 Å². The Labute approximate surface area is 133 Å². The van der Waals surface area contributed by atoms with Crippen LogP contribution in [-0.4, -0.2) is 23.2 Å². The van der Waals surface area contributed by atoms with E-state index in [0.717, 1.165) is 38.8 Å². The number of hydrogen-bond acceptors (Lipinski definition) is 4. The van der Waals surface area contributed by atoms with Crippen LogP contribution in [0.15, 0.2) is 5.38 Å². The van der Waals surface area contributed by atoms with E-state index in [9.17, 15) is 0 Å². The van der Waals surface area contributed by atoms with Crippen molar-refractivity contribution < 1.29 is 4.74 Å². The molecule has 0 saturated carbocycles.